The van der Waals surface area contributed by atoms with E-state index in [9.17, 15) is 0 Å². The average molecular weight is 315 g/mol. The van der Waals surface area contributed by atoms with Crippen LogP contribution in [0.2, 0.25) is 0 Å². The van der Waals surface area contributed by atoms with E-state index >= 15 is 0 Å². The van der Waals surface area contributed by atoms with Crippen LogP contribution >= 0.6 is 15.9 Å². The maximum absolute atomic E-state index is 5.38. The molecule has 1 N–H and O–H groups in total. The summed E-state index contributed by atoms with van der Waals surface area (Å²) < 4.78 is 6.43. The minimum Gasteiger partial charge on any atom is -0.382 e. The number of hydrogen-bond donors (Lipinski definition) is 1. The standard InChI is InChI=1S/C14H23BrN2O/c1-3-17-14(6-5-7-18-4-2)9-12-8-13(15)11-16-10-12/h8,10-11,14,17H,3-7,9H2,1-2H3. The molecule has 0 aliphatic heterocycles. The number of pyridine rings is 1. The molecule has 0 aliphatic rings. The first-order valence-electron chi connectivity index (χ1n) is 6.66. The van der Waals surface area contributed by atoms with Crippen LogP contribution in [0.25, 0.3) is 0 Å². The third-order valence-electron chi connectivity index (χ3n) is 2.78. The van der Waals surface area contributed by atoms with Crippen molar-refractivity contribution in [3.63, 3.8) is 0 Å². The molecule has 1 aromatic rings. The van der Waals surface area contributed by atoms with Gasteiger partial charge in [0.2, 0.25) is 0 Å². The van der Waals surface area contributed by atoms with Gasteiger partial charge in [-0.05, 0) is 60.3 Å². The van der Waals surface area contributed by atoms with Gasteiger partial charge < -0.3 is 10.1 Å². The molecule has 1 unspecified atom stereocenters. The van der Waals surface area contributed by atoms with E-state index in [0.29, 0.717) is 6.04 Å². The van der Waals surface area contributed by atoms with Gasteiger partial charge >= 0.3 is 0 Å². The van der Waals surface area contributed by atoms with E-state index in [0.717, 1.165) is 43.5 Å². The molecule has 1 atom stereocenters. The first kappa shape index (κ1) is 15.6. The molecule has 0 spiro atoms. The summed E-state index contributed by atoms with van der Waals surface area (Å²) in [5.41, 5.74) is 1.27. The molecule has 0 radical (unpaired) electrons. The van der Waals surface area contributed by atoms with Gasteiger partial charge in [-0.1, -0.05) is 6.92 Å². The van der Waals surface area contributed by atoms with Crippen molar-refractivity contribution >= 4 is 15.9 Å². The van der Waals surface area contributed by atoms with Crippen molar-refractivity contribution < 1.29 is 4.74 Å². The second-order valence-corrected chi connectivity index (χ2v) is 5.22. The van der Waals surface area contributed by atoms with Gasteiger partial charge in [-0.2, -0.15) is 0 Å². The predicted octanol–water partition coefficient (Wildman–Crippen LogP) is 3.18. The number of nitrogens with zero attached hydrogens (tertiary/aromatic N) is 1. The third kappa shape index (κ3) is 6.47. The molecule has 1 aromatic heterocycles. The molecule has 0 aliphatic carbocycles. The van der Waals surface area contributed by atoms with E-state index in [-0.39, 0.29) is 0 Å². The Hall–Kier alpha value is -0.450. The highest BCUT2D eigenvalue weighted by molar-refractivity contribution is 9.10. The average Bonchev–Trinajstić information content (AvgIpc) is 2.35. The summed E-state index contributed by atoms with van der Waals surface area (Å²) in [4.78, 5) is 4.21. The number of nitrogens with one attached hydrogen (secondary N) is 1. The van der Waals surface area contributed by atoms with Crippen molar-refractivity contribution in [2.75, 3.05) is 19.8 Å². The summed E-state index contributed by atoms with van der Waals surface area (Å²) in [5.74, 6) is 0. The number of hydrogen-bond acceptors (Lipinski definition) is 3. The van der Waals surface area contributed by atoms with Gasteiger partial charge in [0.25, 0.3) is 0 Å². The molecular formula is C14H23BrN2O. The largest absolute Gasteiger partial charge is 0.382 e. The lowest BCUT2D eigenvalue weighted by atomic mass is 10.0. The monoisotopic (exact) mass is 314 g/mol. The van der Waals surface area contributed by atoms with Crippen LogP contribution in [0.1, 0.15) is 32.3 Å². The van der Waals surface area contributed by atoms with Gasteiger partial charge in [-0.25, -0.2) is 0 Å². The number of ether oxygens (including phenoxy) is 1. The molecule has 3 nitrogen and oxygen atoms in total. The second kappa shape index (κ2) is 9.48. The zero-order chi connectivity index (χ0) is 13.2. The van der Waals surface area contributed by atoms with Crippen molar-refractivity contribution in [1.29, 1.82) is 0 Å². The fourth-order valence-electron chi connectivity index (χ4n) is 1.99. The van der Waals surface area contributed by atoms with Crippen LogP contribution in [0.4, 0.5) is 0 Å². The Bertz CT molecular complexity index is 333. The van der Waals surface area contributed by atoms with Crippen molar-refractivity contribution in [3.05, 3.63) is 28.5 Å². The molecule has 0 amide bonds. The van der Waals surface area contributed by atoms with Gasteiger partial charge in [0.05, 0.1) is 0 Å². The minimum absolute atomic E-state index is 0.506. The quantitative estimate of drug-likeness (QED) is 0.711. The Labute approximate surface area is 118 Å². The molecule has 0 fully saturated rings. The summed E-state index contributed by atoms with van der Waals surface area (Å²) in [5, 5.41) is 3.53. The van der Waals surface area contributed by atoms with Crippen LogP contribution in [-0.2, 0) is 11.2 Å². The normalized spacial score (nSPS) is 12.6. The Kier molecular flexibility index (Phi) is 8.22. The van der Waals surface area contributed by atoms with Crippen molar-refractivity contribution in [2.24, 2.45) is 0 Å². The van der Waals surface area contributed by atoms with Crippen LogP contribution in [-0.4, -0.2) is 30.8 Å². The highest BCUT2D eigenvalue weighted by Gasteiger charge is 2.08. The first-order valence-corrected chi connectivity index (χ1v) is 7.46. The summed E-state index contributed by atoms with van der Waals surface area (Å²) in [6, 6.07) is 2.64. The zero-order valence-corrected chi connectivity index (χ0v) is 12.9. The Balaban J connectivity index is 2.41. The number of rotatable bonds is 9. The van der Waals surface area contributed by atoms with Gasteiger partial charge in [0.1, 0.15) is 0 Å². The van der Waals surface area contributed by atoms with Crippen LogP contribution < -0.4 is 5.32 Å². The molecule has 18 heavy (non-hydrogen) atoms. The maximum atomic E-state index is 5.38. The molecule has 4 heteroatoms. The van der Waals surface area contributed by atoms with E-state index in [1.165, 1.54) is 5.56 Å². The molecule has 0 saturated heterocycles. The smallest absolute Gasteiger partial charge is 0.0466 e. The van der Waals surface area contributed by atoms with E-state index in [1.807, 2.05) is 19.3 Å². The van der Waals surface area contributed by atoms with E-state index in [1.54, 1.807) is 0 Å². The Morgan fingerprint density at radius 3 is 2.89 bits per heavy atom. The SMILES string of the molecule is CCNC(CCCOCC)Cc1cncc(Br)c1. The lowest BCUT2D eigenvalue weighted by Crippen LogP contribution is -2.31. The zero-order valence-electron chi connectivity index (χ0n) is 11.3. The van der Waals surface area contributed by atoms with Gasteiger partial charge in [-0.3, -0.25) is 4.98 Å². The predicted molar refractivity (Wildman–Crippen MR) is 78.8 cm³/mol. The highest BCUT2D eigenvalue weighted by Crippen LogP contribution is 2.13. The third-order valence-corrected chi connectivity index (χ3v) is 3.22. The Morgan fingerprint density at radius 1 is 1.39 bits per heavy atom. The second-order valence-electron chi connectivity index (χ2n) is 4.31. The molecule has 0 aromatic carbocycles. The molecular weight excluding hydrogens is 292 g/mol. The minimum atomic E-state index is 0.506. The lowest BCUT2D eigenvalue weighted by Gasteiger charge is -2.17. The number of halogens is 1. The van der Waals surface area contributed by atoms with E-state index in [4.69, 9.17) is 4.74 Å². The summed E-state index contributed by atoms with van der Waals surface area (Å²) in [7, 11) is 0. The van der Waals surface area contributed by atoms with Gasteiger partial charge in [0.15, 0.2) is 0 Å². The van der Waals surface area contributed by atoms with Gasteiger partial charge in [-0.15, -0.1) is 0 Å². The van der Waals surface area contributed by atoms with E-state index < -0.39 is 0 Å². The van der Waals surface area contributed by atoms with Gasteiger partial charge in [0, 0.05) is 36.1 Å². The molecule has 102 valence electrons. The lowest BCUT2D eigenvalue weighted by molar-refractivity contribution is 0.141. The Morgan fingerprint density at radius 2 is 2.22 bits per heavy atom. The van der Waals surface area contributed by atoms with Crippen molar-refractivity contribution in [1.82, 2.24) is 10.3 Å². The van der Waals surface area contributed by atoms with Crippen molar-refractivity contribution in [3.8, 4) is 0 Å². The first-order chi connectivity index (χ1) is 8.76. The summed E-state index contributed by atoms with van der Waals surface area (Å²) >= 11 is 3.46. The molecule has 0 bridgehead atoms. The molecule has 1 rings (SSSR count). The topological polar surface area (TPSA) is 34.1 Å². The van der Waals surface area contributed by atoms with Crippen LogP contribution in [0.5, 0.6) is 0 Å². The molecule has 1 heterocycles. The number of likely N-dealkylation sites (N-methyl/N-ethyl adjacent to an activating group) is 1. The fourth-order valence-corrected chi connectivity index (χ4v) is 2.41. The highest BCUT2D eigenvalue weighted by atomic mass is 79.9. The van der Waals surface area contributed by atoms with E-state index in [2.05, 4.69) is 39.2 Å². The number of aromatic nitrogens is 1. The fraction of sp³-hybridized carbons (Fsp3) is 0.643. The maximum Gasteiger partial charge on any atom is 0.0466 e. The van der Waals surface area contributed by atoms with Crippen LogP contribution in [0.3, 0.4) is 0 Å². The molecule has 0 saturated carbocycles. The van der Waals surface area contributed by atoms with Crippen LogP contribution in [0.15, 0.2) is 22.9 Å². The summed E-state index contributed by atoms with van der Waals surface area (Å²) in [6.07, 6.45) is 7.03. The summed E-state index contributed by atoms with van der Waals surface area (Å²) in [6.45, 7) is 6.85. The van der Waals surface area contributed by atoms with Crippen LogP contribution in [0, 0.1) is 0 Å². The van der Waals surface area contributed by atoms with Crippen molar-refractivity contribution in [2.45, 2.75) is 39.2 Å².